The minimum Gasteiger partial charge on any atom is -0.442 e. The van der Waals surface area contributed by atoms with Gasteiger partial charge < -0.3 is 20.1 Å². The first-order valence-corrected chi connectivity index (χ1v) is 9.94. The molecule has 1 atom stereocenters. The van der Waals surface area contributed by atoms with Crippen molar-refractivity contribution in [1.82, 2.24) is 20.7 Å². The van der Waals surface area contributed by atoms with E-state index in [2.05, 4.69) is 10.6 Å². The number of piperidine rings is 1. The molecule has 2 rings (SSSR count). The summed E-state index contributed by atoms with van der Waals surface area (Å²) in [7, 11) is 0. The first kappa shape index (κ1) is 21.8. The summed E-state index contributed by atoms with van der Waals surface area (Å²) in [4.78, 5) is 26.3. The Kier molecular flexibility index (Phi) is 6.97. The molecule has 0 aromatic carbocycles. The molecule has 2 heterocycles. The Labute approximate surface area is 162 Å². The van der Waals surface area contributed by atoms with Gasteiger partial charge in [0.15, 0.2) is 0 Å². The van der Waals surface area contributed by atoms with Crippen molar-refractivity contribution in [1.29, 1.82) is 0 Å². The van der Waals surface area contributed by atoms with Crippen LogP contribution in [0.25, 0.3) is 0 Å². The number of rotatable bonds is 2. The minimum absolute atomic E-state index is 0.103. The van der Waals surface area contributed by atoms with Crippen LogP contribution >= 0.6 is 0 Å². The molecule has 2 saturated heterocycles. The fourth-order valence-corrected chi connectivity index (χ4v) is 3.34. The van der Waals surface area contributed by atoms with Crippen LogP contribution in [-0.2, 0) is 9.47 Å². The highest BCUT2D eigenvalue weighted by Gasteiger charge is 2.42. The SMILES string of the molecule is CC(C)(C)OC(=O)N(C1CCNCC1)N(C(=O)OC(C)(C)C)[C@H]1CCNC1. The molecule has 0 radical (unpaired) electrons. The van der Waals surface area contributed by atoms with E-state index in [9.17, 15) is 9.59 Å². The zero-order chi connectivity index (χ0) is 20.2. The molecule has 8 heteroatoms. The van der Waals surface area contributed by atoms with Crippen molar-refractivity contribution < 1.29 is 19.1 Å². The van der Waals surface area contributed by atoms with E-state index in [1.165, 1.54) is 10.0 Å². The number of carbonyl (C=O) groups excluding carboxylic acids is 2. The molecule has 0 spiro atoms. The van der Waals surface area contributed by atoms with Gasteiger partial charge in [-0.05, 0) is 80.4 Å². The van der Waals surface area contributed by atoms with Gasteiger partial charge in [0.1, 0.15) is 11.2 Å². The van der Waals surface area contributed by atoms with Crippen LogP contribution in [0.1, 0.15) is 60.8 Å². The van der Waals surface area contributed by atoms with Gasteiger partial charge in [-0.2, -0.15) is 0 Å². The molecule has 0 saturated carbocycles. The summed E-state index contributed by atoms with van der Waals surface area (Å²) in [6.07, 6.45) is 1.30. The van der Waals surface area contributed by atoms with Crippen LogP contribution in [0.15, 0.2) is 0 Å². The Hall–Kier alpha value is -1.54. The van der Waals surface area contributed by atoms with E-state index in [1.807, 2.05) is 41.5 Å². The van der Waals surface area contributed by atoms with Crippen LogP contribution in [0, 0.1) is 0 Å². The molecule has 2 N–H and O–H groups in total. The summed E-state index contributed by atoms with van der Waals surface area (Å²) in [6.45, 7) is 14.0. The number of amides is 2. The molecule has 2 amide bonds. The lowest BCUT2D eigenvalue weighted by molar-refractivity contribution is -0.0971. The molecular formula is C19H36N4O4. The predicted octanol–water partition coefficient (Wildman–Crippen LogP) is 2.49. The zero-order valence-corrected chi connectivity index (χ0v) is 17.6. The van der Waals surface area contributed by atoms with Crippen LogP contribution in [0.2, 0.25) is 0 Å². The normalized spacial score (nSPS) is 21.6. The lowest BCUT2D eigenvalue weighted by Crippen LogP contribution is -2.62. The first-order chi connectivity index (χ1) is 12.5. The molecular weight excluding hydrogens is 348 g/mol. The van der Waals surface area contributed by atoms with Crippen molar-refractivity contribution in [2.24, 2.45) is 0 Å². The van der Waals surface area contributed by atoms with Gasteiger partial charge >= 0.3 is 12.2 Å². The average Bonchev–Trinajstić information content (AvgIpc) is 3.03. The van der Waals surface area contributed by atoms with Gasteiger partial charge in [-0.3, -0.25) is 0 Å². The van der Waals surface area contributed by atoms with Crippen molar-refractivity contribution >= 4 is 12.2 Å². The Balaban J connectivity index is 2.34. The van der Waals surface area contributed by atoms with Crippen molar-refractivity contribution in [3.05, 3.63) is 0 Å². The highest BCUT2D eigenvalue weighted by atomic mass is 16.6. The standard InChI is InChI=1S/C19H36N4O4/c1-18(2,3)26-16(24)22(14-7-10-20-11-8-14)23(15-9-12-21-13-15)17(25)27-19(4,5)6/h14-15,20-21H,7-13H2,1-6H3/t15-/m0/s1. The van der Waals surface area contributed by atoms with Gasteiger partial charge in [-0.1, -0.05) is 0 Å². The maximum atomic E-state index is 13.1. The minimum atomic E-state index is -0.644. The lowest BCUT2D eigenvalue weighted by Gasteiger charge is -2.44. The molecule has 8 nitrogen and oxygen atoms in total. The first-order valence-electron chi connectivity index (χ1n) is 9.94. The number of hydrazine groups is 1. The lowest BCUT2D eigenvalue weighted by atomic mass is 10.1. The van der Waals surface area contributed by atoms with Crippen LogP contribution in [0.5, 0.6) is 0 Å². The zero-order valence-electron chi connectivity index (χ0n) is 17.6. The highest BCUT2D eigenvalue weighted by Crippen LogP contribution is 2.25. The molecule has 2 aliphatic heterocycles. The largest absolute Gasteiger partial charge is 0.442 e. The molecule has 0 aliphatic carbocycles. The topological polar surface area (TPSA) is 83.1 Å². The van der Waals surface area contributed by atoms with Crippen molar-refractivity contribution in [2.75, 3.05) is 26.2 Å². The Bertz CT molecular complexity index is 515. The highest BCUT2D eigenvalue weighted by molar-refractivity contribution is 5.75. The van der Waals surface area contributed by atoms with E-state index >= 15 is 0 Å². The second kappa shape index (κ2) is 8.65. The molecule has 0 bridgehead atoms. The number of carbonyl (C=O) groups is 2. The van der Waals surface area contributed by atoms with Crippen molar-refractivity contribution in [3.8, 4) is 0 Å². The van der Waals surface area contributed by atoms with E-state index in [-0.39, 0.29) is 12.1 Å². The maximum Gasteiger partial charge on any atom is 0.429 e. The maximum absolute atomic E-state index is 13.1. The van der Waals surface area contributed by atoms with Crippen LogP contribution < -0.4 is 10.6 Å². The van der Waals surface area contributed by atoms with Gasteiger partial charge in [-0.25, -0.2) is 19.6 Å². The average molecular weight is 385 g/mol. The monoisotopic (exact) mass is 384 g/mol. The summed E-state index contributed by atoms with van der Waals surface area (Å²) in [5.41, 5.74) is -1.29. The number of ether oxygens (including phenoxy) is 2. The van der Waals surface area contributed by atoms with Gasteiger partial charge in [0.25, 0.3) is 0 Å². The number of hydrogen-bond donors (Lipinski definition) is 2. The molecule has 2 aliphatic rings. The van der Waals surface area contributed by atoms with E-state index < -0.39 is 23.4 Å². The van der Waals surface area contributed by atoms with E-state index in [0.717, 1.165) is 38.9 Å². The third-order valence-corrected chi connectivity index (χ3v) is 4.43. The molecule has 0 unspecified atom stereocenters. The van der Waals surface area contributed by atoms with E-state index in [4.69, 9.17) is 9.47 Å². The summed E-state index contributed by atoms with van der Waals surface area (Å²) >= 11 is 0. The number of hydrogen-bond acceptors (Lipinski definition) is 6. The number of nitrogens with one attached hydrogen (secondary N) is 2. The summed E-state index contributed by atoms with van der Waals surface area (Å²) in [5, 5.41) is 9.62. The quantitative estimate of drug-likeness (QED) is 0.712. The van der Waals surface area contributed by atoms with Gasteiger partial charge in [0.05, 0.1) is 12.1 Å². The van der Waals surface area contributed by atoms with Gasteiger partial charge in [0.2, 0.25) is 0 Å². The Morgan fingerprint density at radius 2 is 1.15 bits per heavy atom. The van der Waals surface area contributed by atoms with Gasteiger partial charge in [0, 0.05) is 6.54 Å². The second-order valence-corrected chi connectivity index (χ2v) is 9.28. The summed E-state index contributed by atoms with van der Waals surface area (Å²) < 4.78 is 11.3. The summed E-state index contributed by atoms with van der Waals surface area (Å²) in [6, 6.07) is -0.239. The van der Waals surface area contributed by atoms with Crippen LogP contribution in [0.4, 0.5) is 9.59 Å². The smallest absolute Gasteiger partial charge is 0.429 e. The fourth-order valence-electron chi connectivity index (χ4n) is 3.34. The van der Waals surface area contributed by atoms with E-state index in [1.54, 1.807) is 0 Å². The van der Waals surface area contributed by atoms with Crippen LogP contribution in [0.3, 0.4) is 0 Å². The van der Waals surface area contributed by atoms with E-state index in [0.29, 0.717) is 6.54 Å². The van der Waals surface area contributed by atoms with Gasteiger partial charge in [-0.15, -0.1) is 0 Å². The van der Waals surface area contributed by atoms with Crippen molar-refractivity contribution in [2.45, 2.75) is 84.1 Å². The molecule has 27 heavy (non-hydrogen) atoms. The predicted molar refractivity (Wildman–Crippen MR) is 103 cm³/mol. The van der Waals surface area contributed by atoms with Crippen molar-refractivity contribution in [3.63, 3.8) is 0 Å². The molecule has 0 aromatic heterocycles. The molecule has 2 fully saturated rings. The van der Waals surface area contributed by atoms with Crippen LogP contribution in [-0.4, -0.2) is 71.7 Å². The second-order valence-electron chi connectivity index (χ2n) is 9.28. The number of nitrogens with zero attached hydrogens (tertiary/aromatic N) is 2. The Morgan fingerprint density at radius 3 is 1.56 bits per heavy atom. The Morgan fingerprint density at radius 1 is 0.741 bits per heavy atom. The third kappa shape index (κ3) is 6.53. The molecule has 0 aromatic rings. The molecule has 156 valence electrons. The fraction of sp³-hybridized carbons (Fsp3) is 0.895. The third-order valence-electron chi connectivity index (χ3n) is 4.43. The summed E-state index contributed by atoms with van der Waals surface area (Å²) in [5.74, 6) is 0.